The summed E-state index contributed by atoms with van der Waals surface area (Å²) in [5.74, 6) is 0.841. The zero-order valence-corrected chi connectivity index (χ0v) is 18.1. The van der Waals surface area contributed by atoms with E-state index in [-0.39, 0.29) is 11.7 Å². The molecule has 0 saturated carbocycles. The Balaban J connectivity index is 1.59. The molecule has 3 aromatic rings. The maximum absolute atomic E-state index is 12.0. The zero-order valence-electron chi connectivity index (χ0n) is 14.8. The van der Waals surface area contributed by atoms with Crippen LogP contribution in [0.25, 0.3) is 11.4 Å². The number of hydrogen-bond acceptors (Lipinski definition) is 6. The number of hydrazone groups is 1. The maximum atomic E-state index is 12.0. The van der Waals surface area contributed by atoms with Gasteiger partial charge in [0.05, 0.1) is 15.8 Å². The maximum Gasteiger partial charge on any atom is 0.250 e. The number of rotatable bonds is 7. The van der Waals surface area contributed by atoms with Gasteiger partial charge in [-0.1, -0.05) is 41.6 Å². The predicted octanol–water partition coefficient (Wildman–Crippen LogP) is 4.34. The number of nitrogens with one attached hydrogen (secondary N) is 1. The first-order valence-corrected chi connectivity index (χ1v) is 10.9. The summed E-state index contributed by atoms with van der Waals surface area (Å²) in [6, 6.07) is 12.0. The van der Waals surface area contributed by atoms with E-state index in [2.05, 4.69) is 48.8 Å². The van der Waals surface area contributed by atoms with E-state index in [0.717, 1.165) is 31.8 Å². The lowest BCUT2D eigenvalue weighted by Crippen LogP contribution is -2.19. The van der Waals surface area contributed by atoms with Crippen LogP contribution in [0.15, 0.2) is 50.4 Å². The topological polar surface area (TPSA) is 72.2 Å². The Hall–Kier alpha value is -1.97. The van der Waals surface area contributed by atoms with Crippen molar-refractivity contribution in [1.82, 2.24) is 20.2 Å². The quantitative estimate of drug-likeness (QED) is 0.321. The van der Waals surface area contributed by atoms with Crippen LogP contribution in [0, 0.1) is 6.92 Å². The van der Waals surface area contributed by atoms with Gasteiger partial charge in [-0.15, -0.1) is 21.5 Å². The largest absolute Gasteiger partial charge is 0.302 e. The molecule has 9 heteroatoms. The number of halogens is 1. The van der Waals surface area contributed by atoms with Crippen molar-refractivity contribution >= 4 is 51.2 Å². The zero-order chi connectivity index (χ0) is 19.2. The molecule has 2 heterocycles. The van der Waals surface area contributed by atoms with E-state index < -0.39 is 0 Å². The third-order valence-electron chi connectivity index (χ3n) is 3.65. The summed E-state index contributed by atoms with van der Waals surface area (Å²) in [6.45, 7) is 4.81. The molecule has 0 bridgehead atoms. The molecular weight excluding hydrogens is 446 g/mol. The summed E-state index contributed by atoms with van der Waals surface area (Å²) >= 11 is 6.28. The molecule has 0 atom stereocenters. The van der Waals surface area contributed by atoms with Crippen LogP contribution in [-0.4, -0.2) is 32.6 Å². The second-order valence-electron chi connectivity index (χ2n) is 5.64. The Morgan fingerprint density at radius 2 is 2.07 bits per heavy atom. The summed E-state index contributed by atoms with van der Waals surface area (Å²) in [5, 5.41) is 13.2. The minimum atomic E-state index is -0.186. The molecule has 1 amide bonds. The highest BCUT2D eigenvalue weighted by atomic mass is 79.9. The van der Waals surface area contributed by atoms with Gasteiger partial charge >= 0.3 is 0 Å². The van der Waals surface area contributed by atoms with Crippen LogP contribution in [0.2, 0.25) is 0 Å². The molecule has 0 aliphatic heterocycles. The van der Waals surface area contributed by atoms with Crippen molar-refractivity contribution < 1.29 is 4.79 Å². The molecule has 0 radical (unpaired) electrons. The van der Waals surface area contributed by atoms with E-state index in [1.165, 1.54) is 17.3 Å². The van der Waals surface area contributed by atoms with Gasteiger partial charge in [0.1, 0.15) is 0 Å². The highest BCUT2D eigenvalue weighted by molar-refractivity contribution is 9.11. The number of amides is 1. The number of aryl methyl sites for hydroxylation is 1. The Bertz CT molecular complexity index is 949. The summed E-state index contributed by atoms with van der Waals surface area (Å²) in [4.78, 5) is 13.0. The highest BCUT2D eigenvalue weighted by Crippen LogP contribution is 2.24. The molecule has 1 N–H and O–H groups in total. The van der Waals surface area contributed by atoms with Crippen molar-refractivity contribution in [2.75, 3.05) is 5.75 Å². The minimum Gasteiger partial charge on any atom is -0.302 e. The molecular formula is C18H18BrN5OS2. The third-order valence-corrected chi connectivity index (χ3v) is 6.18. The first-order chi connectivity index (χ1) is 13.1. The smallest absolute Gasteiger partial charge is 0.250 e. The monoisotopic (exact) mass is 463 g/mol. The van der Waals surface area contributed by atoms with Crippen molar-refractivity contribution in [3.05, 3.63) is 50.6 Å². The van der Waals surface area contributed by atoms with Crippen molar-refractivity contribution in [2.24, 2.45) is 5.10 Å². The van der Waals surface area contributed by atoms with Crippen molar-refractivity contribution in [2.45, 2.75) is 25.5 Å². The lowest BCUT2D eigenvalue weighted by Gasteiger charge is -2.07. The third kappa shape index (κ3) is 5.27. The normalized spacial score (nSPS) is 11.2. The fourth-order valence-electron chi connectivity index (χ4n) is 2.32. The average molecular weight is 464 g/mol. The van der Waals surface area contributed by atoms with Gasteiger partial charge in [0.15, 0.2) is 11.0 Å². The predicted molar refractivity (Wildman–Crippen MR) is 114 cm³/mol. The molecule has 1 aromatic carbocycles. The molecule has 3 rings (SSSR count). The lowest BCUT2D eigenvalue weighted by atomic mass is 10.1. The number of thioether (sulfide) groups is 1. The number of nitrogens with zero attached hydrogens (tertiary/aromatic N) is 4. The number of aromatic nitrogens is 3. The van der Waals surface area contributed by atoms with Crippen LogP contribution in [0.3, 0.4) is 0 Å². The molecule has 0 unspecified atom stereocenters. The van der Waals surface area contributed by atoms with Gasteiger partial charge in [-0.25, -0.2) is 5.43 Å². The van der Waals surface area contributed by atoms with E-state index in [4.69, 9.17) is 0 Å². The molecule has 27 heavy (non-hydrogen) atoms. The second-order valence-corrected chi connectivity index (χ2v) is 9.08. The first kappa shape index (κ1) is 19.8. The van der Waals surface area contributed by atoms with Crippen molar-refractivity contribution in [3.8, 4) is 11.4 Å². The summed E-state index contributed by atoms with van der Waals surface area (Å²) in [6.07, 6.45) is 1.63. The highest BCUT2D eigenvalue weighted by Gasteiger charge is 2.14. The van der Waals surface area contributed by atoms with Gasteiger partial charge in [-0.05, 0) is 41.9 Å². The van der Waals surface area contributed by atoms with Gasteiger partial charge in [0.2, 0.25) is 0 Å². The van der Waals surface area contributed by atoms with E-state index in [0.29, 0.717) is 0 Å². The Kier molecular flexibility index (Phi) is 6.81. The van der Waals surface area contributed by atoms with E-state index in [1.54, 1.807) is 17.6 Å². The number of thiophene rings is 1. The average Bonchev–Trinajstić information content (AvgIpc) is 3.26. The molecule has 0 spiro atoms. The lowest BCUT2D eigenvalue weighted by molar-refractivity contribution is -0.118. The number of hydrogen-bond donors (Lipinski definition) is 1. The number of benzene rings is 1. The fourth-order valence-corrected chi connectivity index (χ4v) is 4.41. The van der Waals surface area contributed by atoms with E-state index in [9.17, 15) is 4.79 Å². The van der Waals surface area contributed by atoms with Gasteiger partial charge in [0, 0.05) is 17.0 Å². The molecule has 0 fully saturated rings. The van der Waals surface area contributed by atoms with Gasteiger partial charge < -0.3 is 4.57 Å². The van der Waals surface area contributed by atoms with Crippen LogP contribution in [0.5, 0.6) is 0 Å². The molecule has 0 aliphatic carbocycles. The van der Waals surface area contributed by atoms with Crippen LogP contribution in [0.4, 0.5) is 0 Å². The SMILES string of the molecule is CCn1c(SCC(=O)N/N=C\c2ccc(Br)s2)nnc1-c1ccc(C)cc1. The summed E-state index contributed by atoms with van der Waals surface area (Å²) < 4.78 is 3.03. The van der Waals surface area contributed by atoms with Gasteiger partial charge in [-0.3, -0.25) is 4.79 Å². The molecule has 140 valence electrons. The first-order valence-electron chi connectivity index (χ1n) is 8.27. The number of carbonyl (C=O) groups is 1. The summed E-state index contributed by atoms with van der Waals surface area (Å²) in [7, 11) is 0. The van der Waals surface area contributed by atoms with E-state index in [1.807, 2.05) is 42.7 Å². The molecule has 0 saturated heterocycles. The minimum absolute atomic E-state index is 0.186. The van der Waals surface area contributed by atoms with Crippen LogP contribution in [-0.2, 0) is 11.3 Å². The van der Waals surface area contributed by atoms with E-state index >= 15 is 0 Å². The standard InChI is InChI=1S/C18H18BrN5OS2/c1-3-24-17(13-6-4-12(2)5-7-13)22-23-18(24)26-11-16(25)21-20-10-14-8-9-15(19)27-14/h4-10H,3,11H2,1-2H3,(H,21,25)/b20-10-. The molecule has 0 aliphatic rings. The summed E-state index contributed by atoms with van der Waals surface area (Å²) in [5.41, 5.74) is 4.75. The van der Waals surface area contributed by atoms with Crippen molar-refractivity contribution in [3.63, 3.8) is 0 Å². The molecule has 6 nitrogen and oxygen atoms in total. The van der Waals surface area contributed by atoms with Crippen LogP contribution in [0.1, 0.15) is 17.4 Å². The second kappa shape index (κ2) is 9.29. The van der Waals surface area contributed by atoms with Crippen molar-refractivity contribution in [1.29, 1.82) is 0 Å². The Morgan fingerprint density at radius 1 is 1.30 bits per heavy atom. The molecule has 2 aromatic heterocycles. The fraction of sp³-hybridized carbons (Fsp3) is 0.222. The Morgan fingerprint density at radius 3 is 2.74 bits per heavy atom. The Labute approximate surface area is 174 Å². The van der Waals surface area contributed by atoms with Gasteiger partial charge in [-0.2, -0.15) is 5.10 Å². The van der Waals surface area contributed by atoms with Crippen LogP contribution < -0.4 is 5.43 Å². The van der Waals surface area contributed by atoms with Crippen LogP contribution >= 0.6 is 39.0 Å². The number of carbonyl (C=O) groups excluding carboxylic acids is 1. The van der Waals surface area contributed by atoms with Gasteiger partial charge in [0.25, 0.3) is 5.91 Å².